The molecule has 0 spiro atoms. The summed E-state index contributed by atoms with van der Waals surface area (Å²) in [6, 6.07) is 3.58. The summed E-state index contributed by atoms with van der Waals surface area (Å²) in [4.78, 5) is 17.6. The maximum Gasteiger partial charge on any atom is 0.273 e. The van der Waals surface area contributed by atoms with Gasteiger partial charge in [-0.2, -0.15) is 0 Å². The van der Waals surface area contributed by atoms with E-state index in [9.17, 15) is 4.79 Å². The molecule has 0 fully saturated rings. The zero-order valence-corrected chi connectivity index (χ0v) is 11.0. The minimum atomic E-state index is -0.104. The van der Waals surface area contributed by atoms with Crippen LogP contribution >= 0.6 is 15.9 Å². The zero-order chi connectivity index (χ0) is 12.0. The van der Waals surface area contributed by atoms with Crippen molar-refractivity contribution in [1.82, 2.24) is 9.88 Å². The molecule has 0 aliphatic heterocycles. The lowest BCUT2D eigenvalue weighted by atomic mass is 10.3. The number of rotatable bonds is 5. The van der Waals surface area contributed by atoms with Crippen LogP contribution in [0.25, 0.3) is 0 Å². The molecule has 1 rings (SSSR count). The second-order valence-electron chi connectivity index (χ2n) is 3.26. The van der Waals surface area contributed by atoms with Crippen LogP contribution < -0.4 is 0 Å². The number of halogens is 1. The average molecular weight is 287 g/mol. The third-order valence-electron chi connectivity index (χ3n) is 2.08. The van der Waals surface area contributed by atoms with Crippen LogP contribution in [0.1, 0.15) is 17.4 Å². The quantitative estimate of drug-likeness (QED) is 0.777. The fraction of sp³-hybridized carbons (Fsp3) is 0.455. The van der Waals surface area contributed by atoms with Gasteiger partial charge >= 0.3 is 0 Å². The van der Waals surface area contributed by atoms with Crippen molar-refractivity contribution in [3.63, 3.8) is 0 Å². The average Bonchev–Trinajstić information content (AvgIpc) is 2.29. The van der Waals surface area contributed by atoms with Crippen molar-refractivity contribution in [2.75, 3.05) is 26.8 Å². The maximum atomic E-state index is 11.9. The van der Waals surface area contributed by atoms with Crippen molar-refractivity contribution in [1.29, 1.82) is 0 Å². The Labute approximate surface area is 104 Å². The monoisotopic (exact) mass is 286 g/mol. The fourth-order valence-corrected chi connectivity index (χ4v) is 1.60. The smallest absolute Gasteiger partial charge is 0.273 e. The molecule has 1 heterocycles. The van der Waals surface area contributed by atoms with Crippen LogP contribution in [0.4, 0.5) is 0 Å². The Balaban J connectivity index is 2.60. The molecule has 0 saturated heterocycles. The first-order chi connectivity index (χ1) is 7.66. The van der Waals surface area contributed by atoms with Crippen LogP contribution in [0, 0.1) is 0 Å². The number of likely N-dealkylation sites (N-methyl/N-ethyl adjacent to an activating group) is 1. The summed E-state index contributed by atoms with van der Waals surface area (Å²) >= 11 is 3.31. The van der Waals surface area contributed by atoms with Crippen LogP contribution in [0.3, 0.4) is 0 Å². The van der Waals surface area contributed by atoms with Crippen LogP contribution in [-0.2, 0) is 4.74 Å². The second-order valence-corrected chi connectivity index (χ2v) is 4.11. The number of hydrogen-bond donors (Lipinski definition) is 0. The van der Waals surface area contributed by atoms with E-state index in [-0.39, 0.29) is 5.91 Å². The van der Waals surface area contributed by atoms with Crippen LogP contribution in [0.5, 0.6) is 0 Å². The van der Waals surface area contributed by atoms with E-state index in [4.69, 9.17) is 4.74 Å². The Hall–Kier alpha value is -0.940. The Morgan fingerprint density at radius 1 is 1.62 bits per heavy atom. The SMILES string of the molecule is CCOCCN(C)C(=O)c1ncccc1Br. The molecule has 0 N–H and O–H groups in total. The first kappa shape index (κ1) is 13.1. The van der Waals surface area contributed by atoms with Gasteiger partial charge in [0.25, 0.3) is 5.91 Å². The van der Waals surface area contributed by atoms with Gasteiger partial charge in [0.1, 0.15) is 5.69 Å². The fourth-order valence-electron chi connectivity index (χ4n) is 1.17. The van der Waals surface area contributed by atoms with E-state index in [1.54, 1.807) is 30.3 Å². The lowest BCUT2D eigenvalue weighted by molar-refractivity contribution is 0.0703. The van der Waals surface area contributed by atoms with Gasteiger partial charge < -0.3 is 9.64 Å². The number of carbonyl (C=O) groups excluding carboxylic acids is 1. The normalized spacial score (nSPS) is 10.2. The molecule has 1 amide bonds. The summed E-state index contributed by atoms with van der Waals surface area (Å²) in [5, 5.41) is 0. The molecule has 88 valence electrons. The van der Waals surface area contributed by atoms with Crippen LogP contribution in [0.15, 0.2) is 22.8 Å². The number of hydrogen-bond acceptors (Lipinski definition) is 3. The van der Waals surface area contributed by atoms with E-state index in [1.807, 2.05) is 6.92 Å². The summed E-state index contributed by atoms with van der Waals surface area (Å²) in [6.45, 7) is 3.70. The van der Waals surface area contributed by atoms with E-state index < -0.39 is 0 Å². The molecule has 1 aromatic heterocycles. The summed E-state index contributed by atoms with van der Waals surface area (Å²) in [6.07, 6.45) is 1.61. The molecule has 1 aromatic rings. The third-order valence-corrected chi connectivity index (χ3v) is 2.72. The molecular formula is C11H15BrN2O2. The second kappa shape index (κ2) is 6.60. The molecule has 5 heteroatoms. The van der Waals surface area contributed by atoms with E-state index >= 15 is 0 Å². The lowest BCUT2D eigenvalue weighted by Crippen LogP contribution is -2.31. The molecule has 0 aliphatic rings. The highest BCUT2D eigenvalue weighted by Crippen LogP contribution is 2.14. The molecular weight excluding hydrogens is 272 g/mol. The van der Waals surface area contributed by atoms with Gasteiger partial charge in [-0.15, -0.1) is 0 Å². The Bertz CT molecular complexity index is 358. The standard InChI is InChI=1S/C11H15BrN2O2/c1-3-16-8-7-14(2)11(15)10-9(12)5-4-6-13-10/h4-6H,3,7-8H2,1-2H3. The lowest BCUT2D eigenvalue weighted by Gasteiger charge is -2.16. The number of nitrogens with zero attached hydrogens (tertiary/aromatic N) is 2. The van der Waals surface area contributed by atoms with Crippen molar-refractivity contribution >= 4 is 21.8 Å². The van der Waals surface area contributed by atoms with Crippen molar-refractivity contribution < 1.29 is 9.53 Å². The van der Waals surface area contributed by atoms with Gasteiger partial charge in [-0.3, -0.25) is 4.79 Å². The van der Waals surface area contributed by atoms with Gasteiger partial charge in [0.05, 0.1) is 6.61 Å². The molecule has 0 atom stereocenters. The van der Waals surface area contributed by atoms with Crippen LogP contribution in [-0.4, -0.2) is 42.6 Å². The van der Waals surface area contributed by atoms with E-state index in [2.05, 4.69) is 20.9 Å². The number of pyridine rings is 1. The number of carbonyl (C=O) groups is 1. The van der Waals surface area contributed by atoms with Crippen LogP contribution in [0.2, 0.25) is 0 Å². The largest absolute Gasteiger partial charge is 0.380 e. The minimum Gasteiger partial charge on any atom is -0.380 e. The predicted octanol–water partition coefficient (Wildman–Crippen LogP) is 1.95. The summed E-state index contributed by atoms with van der Waals surface area (Å²) in [5.41, 5.74) is 0.432. The minimum absolute atomic E-state index is 0.104. The Morgan fingerprint density at radius 2 is 2.38 bits per heavy atom. The Kier molecular flexibility index (Phi) is 5.42. The van der Waals surface area contributed by atoms with Gasteiger partial charge in [-0.25, -0.2) is 4.98 Å². The van der Waals surface area contributed by atoms with Crippen molar-refractivity contribution in [3.05, 3.63) is 28.5 Å². The summed E-state index contributed by atoms with van der Waals surface area (Å²) in [7, 11) is 1.74. The van der Waals surface area contributed by atoms with Gasteiger partial charge in [-0.1, -0.05) is 0 Å². The molecule has 0 aromatic carbocycles. The molecule has 0 bridgehead atoms. The predicted molar refractivity (Wildman–Crippen MR) is 65.4 cm³/mol. The van der Waals surface area contributed by atoms with Crippen molar-refractivity contribution in [3.8, 4) is 0 Å². The zero-order valence-electron chi connectivity index (χ0n) is 9.44. The topological polar surface area (TPSA) is 42.4 Å². The molecule has 0 unspecified atom stereocenters. The van der Waals surface area contributed by atoms with Crippen molar-refractivity contribution in [2.24, 2.45) is 0 Å². The molecule has 0 radical (unpaired) electrons. The highest BCUT2D eigenvalue weighted by atomic mass is 79.9. The third kappa shape index (κ3) is 3.57. The van der Waals surface area contributed by atoms with E-state index in [0.717, 1.165) is 0 Å². The number of ether oxygens (including phenoxy) is 1. The first-order valence-electron chi connectivity index (χ1n) is 5.10. The molecule has 16 heavy (non-hydrogen) atoms. The van der Waals surface area contributed by atoms with Gasteiger partial charge in [0.2, 0.25) is 0 Å². The summed E-state index contributed by atoms with van der Waals surface area (Å²) < 4.78 is 5.91. The molecule has 4 nitrogen and oxygen atoms in total. The van der Waals surface area contributed by atoms with Gasteiger partial charge in [0.15, 0.2) is 0 Å². The van der Waals surface area contributed by atoms with E-state index in [1.165, 1.54) is 0 Å². The van der Waals surface area contributed by atoms with Crippen molar-refractivity contribution in [2.45, 2.75) is 6.92 Å². The highest BCUT2D eigenvalue weighted by molar-refractivity contribution is 9.10. The highest BCUT2D eigenvalue weighted by Gasteiger charge is 2.15. The summed E-state index contributed by atoms with van der Waals surface area (Å²) in [5.74, 6) is -0.104. The molecule has 0 aliphatic carbocycles. The Morgan fingerprint density at radius 3 is 3.00 bits per heavy atom. The van der Waals surface area contributed by atoms with Gasteiger partial charge in [0, 0.05) is 30.9 Å². The van der Waals surface area contributed by atoms with Gasteiger partial charge in [-0.05, 0) is 35.0 Å². The number of aromatic nitrogens is 1. The first-order valence-corrected chi connectivity index (χ1v) is 5.89. The molecule has 0 saturated carbocycles. The number of amides is 1. The maximum absolute atomic E-state index is 11.9. The van der Waals surface area contributed by atoms with E-state index in [0.29, 0.717) is 29.9 Å².